The Morgan fingerprint density at radius 1 is 1.00 bits per heavy atom. The van der Waals surface area contributed by atoms with Gasteiger partial charge < -0.3 is 11.1 Å². The van der Waals surface area contributed by atoms with Crippen molar-refractivity contribution in [2.24, 2.45) is 0 Å². The normalized spacial score (nSPS) is 10.9. The number of nitrogens with one attached hydrogen (secondary N) is 1. The van der Waals surface area contributed by atoms with Gasteiger partial charge in [-0.05, 0) is 50.1 Å². The number of aryl methyl sites for hydroxylation is 3. The molecule has 0 unspecified atom stereocenters. The van der Waals surface area contributed by atoms with Crippen molar-refractivity contribution in [1.29, 1.82) is 0 Å². The third-order valence-electron chi connectivity index (χ3n) is 3.80. The van der Waals surface area contributed by atoms with Crippen LogP contribution in [0.2, 0.25) is 0 Å². The van der Waals surface area contributed by atoms with E-state index in [9.17, 15) is 4.39 Å². The SMILES string of the molecule is Cc1cc(C)c(Nc2nccc3c(N)cc(F)cc23)c(C)c1. The van der Waals surface area contributed by atoms with Crippen LogP contribution in [0.5, 0.6) is 0 Å². The van der Waals surface area contributed by atoms with E-state index in [0.29, 0.717) is 16.9 Å². The molecule has 0 aliphatic carbocycles. The van der Waals surface area contributed by atoms with Crippen LogP contribution in [-0.4, -0.2) is 4.98 Å². The molecule has 0 aliphatic heterocycles. The molecule has 2 aromatic carbocycles. The van der Waals surface area contributed by atoms with E-state index >= 15 is 0 Å². The fraction of sp³-hybridized carbons (Fsp3) is 0.167. The quantitative estimate of drug-likeness (QED) is 0.678. The van der Waals surface area contributed by atoms with Crippen molar-refractivity contribution >= 4 is 28.0 Å². The molecule has 0 amide bonds. The molecule has 22 heavy (non-hydrogen) atoms. The van der Waals surface area contributed by atoms with Crippen molar-refractivity contribution in [1.82, 2.24) is 4.98 Å². The van der Waals surface area contributed by atoms with E-state index in [1.165, 1.54) is 17.7 Å². The number of nitrogens with zero attached hydrogens (tertiary/aromatic N) is 1. The Hall–Kier alpha value is -2.62. The van der Waals surface area contributed by atoms with E-state index in [2.05, 4.69) is 29.4 Å². The molecule has 4 heteroatoms. The molecule has 0 aliphatic rings. The molecule has 3 nitrogen and oxygen atoms in total. The zero-order valence-electron chi connectivity index (χ0n) is 12.9. The van der Waals surface area contributed by atoms with Gasteiger partial charge in [0.25, 0.3) is 0 Å². The average molecular weight is 295 g/mol. The Bertz CT molecular complexity index is 849. The number of pyridine rings is 1. The number of hydrogen-bond donors (Lipinski definition) is 2. The van der Waals surface area contributed by atoms with E-state index in [1.807, 2.05) is 13.8 Å². The molecule has 0 saturated heterocycles. The van der Waals surface area contributed by atoms with Crippen molar-refractivity contribution < 1.29 is 4.39 Å². The molecule has 0 bridgehead atoms. The van der Waals surface area contributed by atoms with Crippen LogP contribution in [-0.2, 0) is 0 Å². The number of hydrogen-bond acceptors (Lipinski definition) is 3. The Morgan fingerprint density at radius 3 is 2.36 bits per heavy atom. The van der Waals surface area contributed by atoms with E-state index < -0.39 is 0 Å². The third-order valence-corrected chi connectivity index (χ3v) is 3.80. The standard InChI is InChI=1S/C18H18FN3/c1-10-6-11(2)17(12(3)7-10)22-18-15-8-13(19)9-16(20)14(15)4-5-21-18/h4-9H,20H2,1-3H3,(H,21,22). The van der Waals surface area contributed by atoms with Crippen LogP contribution in [0.4, 0.5) is 21.6 Å². The summed E-state index contributed by atoms with van der Waals surface area (Å²) in [5.41, 5.74) is 10.8. The summed E-state index contributed by atoms with van der Waals surface area (Å²) in [6.07, 6.45) is 1.68. The topological polar surface area (TPSA) is 50.9 Å². The Labute approximate surface area is 129 Å². The van der Waals surface area contributed by atoms with Crippen molar-refractivity contribution in [2.75, 3.05) is 11.1 Å². The first-order valence-corrected chi connectivity index (χ1v) is 7.14. The van der Waals surface area contributed by atoms with Crippen LogP contribution >= 0.6 is 0 Å². The van der Waals surface area contributed by atoms with E-state index in [1.54, 1.807) is 12.3 Å². The summed E-state index contributed by atoms with van der Waals surface area (Å²) < 4.78 is 13.7. The fourth-order valence-corrected chi connectivity index (χ4v) is 2.87. The Balaban J connectivity index is 2.16. The van der Waals surface area contributed by atoms with Crippen molar-refractivity contribution in [2.45, 2.75) is 20.8 Å². The highest BCUT2D eigenvalue weighted by Crippen LogP contribution is 2.31. The molecule has 3 rings (SSSR count). The molecular formula is C18H18FN3. The van der Waals surface area contributed by atoms with Gasteiger partial charge in [-0.1, -0.05) is 17.7 Å². The van der Waals surface area contributed by atoms with Gasteiger partial charge in [-0.15, -0.1) is 0 Å². The first-order valence-electron chi connectivity index (χ1n) is 7.14. The molecule has 3 N–H and O–H groups in total. The number of rotatable bonds is 2. The van der Waals surface area contributed by atoms with E-state index in [-0.39, 0.29) is 5.82 Å². The third kappa shape index (κ3) is 2.48. The molecular weight excluding hydrogens is 277 g/mol. The minimum absolute atomic E-state index is 0.363. The van der Waals surface area contributed by atoms with Crippen molar-refractivity contribution in [3.8, 4) is 0 Å². The lowest BCUT2D eigenvalue weighted by Gasteiger charge is -2.15. The van der Waals surface area contributed by atoms with Gasteiger partial charge in [0.15, 0.2) is 0 Å². The van der Waals surface area contributed by atoms with Crippen LogP contribution in [0.25, 0.3) is 10.8 Å². The number of fused-ring (bicyclic) bond motifs is 1. The van der Waals surface area contributed by atoms with Crippen LogP contribution in [0.3, 0.4) is 0 Å². The van der Waals surface area contributed by atoms with Gasteiger partial charge in [0.05, 0.1) is 0 Å². The summed E-state index contributed by atoms with van der Waals surface area (Å²) in [5.74, 6) is 0.247. The molecule has 0 radical (unpaired) electrons. The lowest BCUT2D eigenvalue weighted by atomic mass is 10.0. The number of nitrogens with two attached hydrogens (primary N) is 1. The van der Waals surface area contributed by atoms with Crippen molar-refractivity contribution in [3.63, 3.8) is 0 Å². The zero-order chi connectivity index (χ0) is 15.9. The highest BCUT2D eigenvalue weighted by atomic mass is 19.1. The van der Waals surface area contributed by atoms with Gasteiger partial charge in [-0.3, -0.25) is 0 Å². The monoisotopic (exact) mass is 295 g/mol. The lowest BCUT2D eigenvalue weighted by Crippen LogP contribution is -2.00. The predicted octanol–water partition coefficient (Wildman–Crippen LogP) is 4.62. The average Bonchev–Trinajstić information content (AvgIpc) is 2.43. The van der Waals surface area contributed by atoms with Crippen LogP contribution < -0.4 is 11.1 Å². The largest absolute Gasteiger partial charge is 0.398 e. The molecule has 1 aromatic heterocycles. The lowest BCUT2D eigenvalue weighted by molar-refractivity contribution is 0.630. The molecule has 0 saturated carbocycles. The molecule has 112 valence electrons. The maximum Gasteiger partial charge on any atom is 0.138 e. The first kappa shape index (κ1) is 14.3. The summed E-state index contributed by atoms with van der Waals surface area (Å²) in [4.78, 5) is 4.36. The highest BCUT2D eigenvalue weighted by Gasteiger charge is 2.10. The second-order valence-corrected chi connectivity index (χ2v) is 5.65. The van der Waals surface area contributed by atoms with E-state index in [0.717, 1.165) is 22.2 Å². The maximum atomic E-state index is 13.7. The van der Waals surface area contributed by atoms with E-state index in [4.69, 9.17) is 5.73 Å². The number of halogens is 1. The van der Waals surface area contributed by atoms with Gasteiger partial charge in [0, 0.05) is 28.3 Å². The number of anilines is 3. The van der Waals surface area contributed by atoms with Gasteiger partial charge in [0.2, 0.25) is 0 Å². The second-order valence-electron chi connectivity index (χ2n) is 5.65. The van der Waals surface area contributed by atoms with Gasteiger partial charge >= 0.3 is 0 Å². The first-order chi connectivity index (χ1) is 10.5. The smallest absolute Gasteiger partial charge is 0.138 e. The minimum Gasteiger partial charge on any atom is -0.398 e. The summed E-state index contributed by atoms with van der Waals surface area (Å²) in [7, 11) is 0. The Morgan fingerprint density at radius 2 is 1.68 bits per heavy atom. The van der Waals surface area contributed by atoms with Crippen LogP contribution in [0.1, 0.15) is 16.7 Å². The molecule has 0 atom stereocenters. The summed E-state index contributed by atoms with van der Waals surface area (Å²) in [6.45, 7) is 6.15. The summed E-state index contributed by atoms with van der Waals surface area (Å²) in [6, 6.07) is 8.79. The Kier molecular flexibility index (Phi) is 3.45. The summed E-state index contributed by atoms with van der Waals surface area (Å²) >= 11 is 0. The zero-order valence-corrected chi connectivity index (χ0v) is 12.9. The fourth-order valence-electron chi connectivity index (χ4n) is 2.87. The van der Waals surface area contributed by atoms with Crippen LogP contribution in [0.15, 0.2) is 36.5 Å². The molecule has 0 fully saturated rings. The number of benzene rings is 2. The van der Waals surface area contributed by atoms with Crippen molar-refractivity contribution in [3.05, 3.63) is 59.0 Å². The van der Waals surface area contributed by atoms with Gasteiger partial charge in [-0.25, -0.2) is 9.37 Å². The minimum atomic E-state index is -0.363. The highest BCUT2D eigenvalue weighted by molar-refractivity contribution is 6.00. The number of nitrogen functional groups attached to an aromatic ring is 1. The molecule has 3 aromatic rings. The maximum absolute atomic E-state index is 13.7. The molecule has 0 spiro atoms. The predicted molar refractivity (Wildman–Crippen MR) is 90.0 cm³/mol. The summed E-state index contributed by atoms with van der Waals surface area (Å²) in [5, 5.41) is 4.80. The number of aromatic nitrogens is 1. The van der Waals surface area contributed by atoms with Crippen LogP contribution in [0, 0.1) is 26.6 Å². The van der Waals surface area contributed by atoms with Gasteiger partial charge in [-0.2, -0.15) is 0 Å². The second kappa shape index (κ2) is 5.30. The van der Waals surface area contributed by atoms with Gasteiger partial charge in [0.1, 0.15) is 11.6 Å². The molecule has 1 heterocycles.